The minimum absolute atomic E-state index is 0.0367. The van der Waals surface area contributed by atoms with Gasteiger partial charge in [-0.25, -0.2) is 0 Å². The molecule has 0 saturated heterocycles. The van der Waals surface area contributed by atoms with Crippen molar-refractivity contribution in [2.75, 3.05) is 19.6 Å². The van der Waals surface area contributed by atoms with E-state index >= 15 is 0 Å². The smallest absolute Gasteiger partial charge is 0.0453 e. The lowest BCUT2D eigenvalue weighted by Crippen LogP contribution is -2.28. The van der Waals surface area contributed by atoms with E-state index in [0.29, 0.717) is 0 Å². The molecule has 1 aromatic carbocycles. The monoisotopic (exact) mass is 254 g/mol. The molecular formula is C14H23ClN2. The molecule has 0 radical (unpaired) electrons. The van der Waals surface area contributed by atoms with E-state index in [0.717, 1.165) is 36.6 Å². The van der Waals surface area contributed by atoms with Gasteiger partial charge in [0.1, 0.15) is 0 Å². The van der Waals surface area contributed by atoms with Crippen LogP contribution in [-0.4, -0.2) is 24.5 Å². The molecule has 2 nitrogen and oxygen atoms in total. The number of halogens is 1. The molecule has 2 N–H and O–H groups in total. The van der Waals surface area contributed by atoms with Gasteiger partial charge in [-0.2, -0.15) is 0 Å². The molecule has 3 heteroatoms. The Labute approximate surface area is 110 Å². The van der Waals surface area contributed by atoms with Crippen LogP contribution in [0.15, 0.2) is 24.3 Å². The molecule has 0 aliphatic rings. The van der Waals surface area contributed by atoms with Crippen molar-refractivity contribution in [3.63, 3.8) is 0 Å². The van der Waals surface area contributed by atoms with Gasteiger partial charge in [0.15, 0.2) is 0 Å². The van der Waals surface area contributed by atoms with Crippen LogP contribution in [0.2, 0.25) is 5.02 Å². The van der Waals surface area contributed by atoms with Gasteiger partial charge >= 0.3 is 0 Å². The average molecular weight is 255 g/mol. The molecule has 0 amide bonds. The summed E-state index contributed by atoms with van der Waals surface area (Å²) >= 11 is 6.14. The molecule has 1 atom stereocenters. The van der Waals surface area contributed by atoms with Gasteiger partial charge in [-0.1, -0.05) is 43.6 Å². The Hall–Kier alpha value is -0.570. The minimum Gasteiger partial charge on any atom is -0.324 e. The first-order valence-electron chi connectivity index (χ1n) is 6.41. The maximum absolute atomic E-state index is 6.18. The van der Waals surface area contributed by atoms with E-state index in [1.807, 2.05) is 24.3 Å². The fraction of sp³-hybridized carbons (Fsp3) is 0.571. The number of nitrogens with zero attached hydrogens (tertiary/aromatic N) is 1. The summed E-state index contributed by atoms with van der Waals surface area (Å²) < 4.78 is 0. The molecule has 0 fully saturated rings. The summed E-state index contributed by atoms with van der Waals surface area (Å²) in [4.78, 5) is 2.43. The zero-order chi connectivity index (χ0) is 12.7. The van der Waals surface area contributed by atoms with Crippen LogP contribution in [0.5, 0.6) is 0 Å². The second-order valence-corrected chi connectivity index (χ2v) is 4.76. The molecular weight excluding hydrogens is 232 g/mol. The van der Waals surface area contributed by atoms with Crippen molar-refractivity contribution in [1.82, 2.24) is 4.90 Å². The molecule has 0 saturated carbocycles. The Bertz CT molecular complexity index is 328. The van der Waals surface area contributed by atoms with Crippen LogP contribution in [0.1, 0.15) is 38.3 Å². The SMILES string of the molecule is CCCN(CC)CCC(N)c1ccccc1Cl. The van der Waals surface area contributed by atoms with Crippen molar-refractivity contribution in [2.24, 2.45) is 5.73 Å². The third-order valence-corrected chi connectivity index (χ3v) is 3.39. The molecule has 0 aromatic heterocycles. The highest BCUT2D eigenvalue weighted by molar-refractivity contribution is 6.31. The molecule has 1 aromatic rings. The summed E-state index contributed by atoms with van der Waals surface area (Å²) in [6.07, 6.45) is 2.15. The zero-order valence-electron chi connectivity index (χ0n) is 10.8. The fourth-order valence-corrected chi connectivity index (χ4v) is 2.27. The van der Waals surface area contributed by atoms with Crippen molar-refractivity contribution in [2.45, 2.75) is 32.7 Å². The van der Waals surface area contributed by atoms with E-state index in [9.17, 15) is 0 Å². The number of nitrogens with two attached hydrogens (primary N) is 1. The molecule has 17 heavy (non-hydrogen) atoms. The predicted octanol–water partition coefficient (Wildman–Crippen LogP) is 3.46. The Morgan fingerprint density at radius 3 is 2.53 bits per heavy atom. The van der Waals surface area contributed by atoms with Crippen LogP contribution in [0, 0.1) is 0 Å². The van der Waals surface area contributed by atoms with E-state index in [1.54, 1.807) is 0 Å². The Kier molecular flexibility index (Phi) is 6.56. The molecule has 1 rings (SSSR count). The van der Waals surface area contributed by atoms with Crippen LogP contribution in [0.25, 0.3) is 0 Å². The molecule has 0 spiro atoms. The van der Waals surface area contributed by atoms with E-state index in [2.05, 4.69) is 18.7 Å². The van der Waals surface area contributed by atoms with Crippen molar-refractivity contribution >= 4 is 11.6 Å². The van der Waals surface area contributed by atoms with E-state index < -0.39 is 0 Å². The first-order valence-corrected chi connectivity index (χ1v) is 6.79. The average Bonchev–Trinajstić information content (AvgIpc) is 2.34. The Morgan fingerprint density at radius 2 is 1.94 bits per heavy atom. The molecule has 0 aliphatic heterocycles. The van der Waals surface area contributed by atoms with Crippen molar-refractivity contribution in [3.05, 3.63) is 34.9 Å². The summed E-state index contributed by atoms with van der Waals surface area (Å²) in [5.41, 5.74) is 7.24. The molecule has 0 aliphatic carbocycles. The first-order chi connectivity index (χ1) is 8.19. The van der Waals surface area contributed by atoms with Gasteiger partial charge in [-0.15, -0.1) is 0 Å². The van der Waals surface area contributed by atoms with E-state index in [4.69, 9.17) is 17.3 Å². The van der Waals surface area contributed by atoms with Gasteiger partial charge in [0.2, 0.25) is 0 Å². The van der Waals surface area contributed by atoms with Gasteiger partial charge < -0.3 is 10.6 Å². The highest BCUT2D eigenvalue weighted by Crippen LogP contribution is 2.23. The lowest BCUT2D eigenvalue weighted by molar-refractivity contribution is 0.277. The zero-order valence-corrected chi connectivity index (χ0v) is 11.6. The van der Waals surface area contributed by atoms with Gasteiger partial charge in [0, 0.05) is 11.1 Å². The van der Waals surface area contributed by atoms with Crippen LogP contribution >= 0.6 is 11.6 Å². The molecule has 0 heterocycles. The third-order valence-electron chi connectivity index (χ3n) is 3.05. The number of rotatable bonds is 7. The molecule has 0 bridgehead atoms. The van der Waals surface area contributed by atoms with Gasteiger partial charge in [0.25, 0.3) is 0 Å². The minimum atomic E-state index is 0.0367. The summed E-state index contributed by atoms with van der Waals surface area (Å²) in [5.74, 6) is 0. The highest BCUT2D eigenvalue weighted by atomic mass is 35.5. The predicted molar refractivity (Wildman–Crippen MR) is 75.4 cm³/mol. The van der Waals surface area contributed by atoms with Gasteiger partial charge in [-0.05, 0) is 44.1 Å². The Balaban J connectivity index is 2.49. The van der Waals surface area contributed by atoms with Crippen LogP contribution in [-0.2, 0) is 0 Å². The van der Waals surface area contributed by atoms with Crippen molar-refractivity contribution in [1.29, 1.82) is 0 Å². The summed E-state index contributed by atoms with van der Waals surface area (Å²) in [7, 11) is 0. The lowest BCUT2D eigenvalue weighted by atomic mass is 10.0. The van der Waals surface area contributed by atoms with Gasteiger partial charge in [-0.3, -0.25) is 0 Å². The van der Waals surface area contributed by atoms with Crippen molar-refractivity contribution < 1.29 is 0 Å². The lowest BCUT2D eigenvalue weighted by Gasteiger charge is -2.22. The second-order valence-electron chi connectivity index (χ2n) is 4.35. The Morgan fingerprint density at radius 1 is 1.24 bits per heavy atom. The van der Waals surface area contributed by atoms with Gasteiger partial charge in [0.05, 0.1) is 0 Å². The third kappa shape index (κ3) is 4.66. The number of hydrogen-bond donors (Lipinski definition) is 1. The van der Waals surface area contributed by atoms with E-state index in [1.165, 1.54) is 6.42 Å². The summed E-state index contributed by atoms with van der Waals surface area (Å²) in [6, 6.07) is 7.89. The molecule has 96 valence electrons. The quantitative estimate of drug-likeness (QED) is 0.808. The second kappa shape index (κ2) is 7.70. The number of benzene rings is 1. The molecule has 1 unspecified atom stereocenters. The van der Waals surface area contributed by atoms with Crippen LogP contribution in [0.3, 0.4) is 0 Å². The normalized spacial score (nSPS) is 13.0. The van der Waals surface area contributed by atoms with Crippen LogP contribution in [0.4, 0.5) is 0 Å². The summed E-state index contributed by atoms with van der Waals surface area (Å²) in [5, 5.41) is 0.776. The standard InChI is InChI=1S/C14H23ClN2/c1-3-10-17(4-2)11-9-14(16)12-7-5-6-8-13(12)15/h5-8,14H,3-4,9-11,16H2,1-2H3. The maximum atomic E-state index is 6.18. The topological polar surface area (TPSA) is 29.3 Å². The van der Waals surface area contributed by atoms with Crippen molar-refractivity contribution in [3.8, 4) is 0 Å². The summed E-state index contributed by atoms with van der Waals surface area (Å²) in [6.45, 7) is 7.67. The largest absolute Gasteiger partial charge is 0.324 e. The van der Waals surface area contributed by atoms with Crippen LogP contribution < -0.4 is 5.73 Å². The highest BCUT2D eigenvalue weighted by Gasteiger charge is 2.11. The van der Waals surface area contributed by atoms with E-state index in [-0.39, 0.29) is 6.04 Å². The maximum Gasteiger partial charge on any atom is 0.0453 e. The fourth-order valence-electron chi connectivity index (χ4n) is 2.00. The number of hydrogen-bond acceptors (Lipinski definition) is 2. The first kappa shape index (κ1) is 14.5.